The first-order chi connectivity index (χ1) is 10.2. The summed E-state index contributed by atoms with van der Waals surface area (Å²) in [4.78, 5) is 12.4. The van der Waals surface area contributed by atoms with Gasteiger partial charge in [0.1, 0.15) is 5.75 Å². The number of aliphatic hydroxyl groups excluding tert-OH is 1. The van der Waals surface area contributed by atoms with E-state index in [-0.39, 0.29) is 12.5 Å². The first-order valence-corrected chi connectivity index (χ1v) is 7.41. The molecule has 1 aromatic carbocycles. The molecule has 0 aromatic heterocycles. The lowest BCUT2D eigenvalue weighted by Crippen LogP contribution is -2.57. The lowest BCUT2D eigenvalue weighted by molar-refractivity contribution is -0.132. The van der Waals surface area contributed by atoms with Gasteiger partial charge in [0.05, 0.1) is 12.1 Å². The average Bonchev–Trinajstić information content (AvgIpc) is 2.54. The standard InChI is InChI=1S/C16H23NO4/c1-2-14(21-13-6-4-3-5-7-13)15(19)17-16(12-18)8-10-20-11-9-16/h3-7,14,18H,2,8-12H2,1H3,(H,17,19). The Hall–Kier alpha value is -1.59. The molecule has 1 aromatic rings. The van der Waals surface area contributed by atoms with Crippen molar-refractivity contribution in [1.29, 1.82) is 0 Å². The van der Waals surface area contributed by atoms with Crippen molar-refractivity contribution in [2.24, 2.45) is 0 Å². The Labute approximate surface area is 125 Å². The lowest BCUT2D eigenvalue weighted by atomic mass is 9.90. The fourth-order valence-electron chi connectivity index (χ4n) is 2.41. The molecule has 0 radical (unpaired) electrons. The highest BCUT2D eigenvalue weighted by atomic mass is 16.5. The van der Waals surface area contributed by atoms with E-state index in [1.807, 2.05) is 37.3 Å². The Morgan fingerprint density at radius 2 is 2.05 bits per heavy atom. The number of nitrogens with one attached hydrogen (secondary N) is 1. The molecule has 2 N–H and O–H groups in total. The van der Waals surface area contributed by atoms with Crippen LogP contribution >= 0.6 is 0 Å². The molecule has 1 heterocycles. The van der Waals surface area contributed by atoms with Crippen LogP contribution in [0.4, 0.5) is 0 Å². The zero-order chi connectivity index (χ0) is 15.1. The van der Waals surface area contributed by atoms with E-state index in [0.717, 1.165) is 0 Å². The van der Waals surface area contributed by atoms with E-state index in [0.29, 0.717) is 38.2 Å². The molecule has 0 saturated carbocycles. The highest BCUT2D eigenvalue weighted by Gasteiger charge is 2.35. The van der Waals surface area contributed by atoms with Gasteiger partial charge in [0.2, 0.25) is 0 Å². The molecule has 5 nitrogen and oxygen atoms in total. The number of para-hydroxylation sites is 1. The Morgan fingerprint density at radius 3 is 2.62 bits per heavy atom. The van der Waals surface area contributed by atoms with Crippen LogP contribution in [0.2, 0.25) is 0 Å². The van der Waals surface area contributed by atoms with E-state index in [1.165, 1.54) is 0 Å². The summed E-state index contributed by atoms with van der Waals surface area (Å²) in [6, 6.07) is 9.29. The number of benzene rings is 1. The van der Waals surface area contributed by atoms with Gasteiger partial charge >= 0.3 is 0 Å². The lowest BCUT2D eigenvalue weighted by Gasteiger charge is -2.37. The minimum Gasteiger partial charge on any atom is -0.481 e. The number of ether oxygens (including phenoxy) is 2. The van der Waals surface area contributed by atoms with Gasteiger partial charge in [-0.05, 0) is 31.4 Å². The van der Waals surface area contributed by atoms with E-state index in [4.69, 9.17) is 9.47 Å². The molecule has 0 aliphatic carbocycles. The zero-order valence-electron chi connectivity index (χ0n) is 12.4. The van der Waals surface area contributed by atoms with E-state index in [2.05, 4.69) is 5.32 Å². The highest BCUT2D eigenvalue weighted by molar-refractivity contribution is 5.81. The van der Waals surface area contributed by atoms with Crippen molar-refractivity contribution < 1.29 is 19.4 Å². The predicted molar refractivity (Wildman–Crippen MR) is 79.2 cm³/mol. The Morgan fingerprint density at radius 1 is 1.38 bits per heavy atom. The number of hydrogen-bond donors (Lipinski definition) is 2. The summed E-state index contributed by atoms with van der Waals surface area (Å²) in [6.07, 6.45) is 1.26. The normalized spacial score (nSPS) is 18.8. The molecular weight excluding hydrogens is 270 g/mol. The van der Waals surface area contributed by atoms with Gasteiger partial charge in [-0.3, -0.25) is 4.79 Å². The van der Waals surface area contributed by atoms with Crippen molar-refractivity contribution in [2.75, 3.05) is 19.8 Å². The summed E-state index contributed by atoms with van der Waals surface area (Å²) in [6.45, 7) is 2.93. The third-order valence-corrected chi connectivity index (χ3v) is 3.83. The second-order valence-electron chi connectivity index (χ2n) is 5.37. The van der Waals surface area contributed by atoms with E-state index < -0.39 is 11.6 Å². The Balaban J connectivity index is 1.99. The molecule has 2 rings (SSSR count). The van der Waals surface area contributed by atoms with Crippen LogP contribution < -0.4 is 10.1 Å². The average molecular weight is 293 g/mol. The molecule has 1 aliphatic rings. The summed E-state index contributed by atoms with van der Waals surface area (Å²) < 4.78 is 11.0. The summed E-state index contributed by atoms with van der Waals surface area (Å²) in [7, 11) is 0. The number of hydrogen-bond acceptors (Lipinski definition) is 4. The maximum Gasteiger partial charge on any atom is 0.261 e. The van der Waals surface area contributed by atoms with Crippen LogP contribution in [0.5, 0.6) is 5.75 Å². The third kappa shape index (κ3) is 4.19. The molecule has 1 fully saturated rings. The fraction of sp³-hybridized carbons (Fsp3) is 0.562. The Kier molecular flexibility index (Phi) is 5.59. The number of carbonyl (C=O) groups is 1. The summed E-state index contributed by atoms with van der Waals surface area (Å²) in [5.41, 5.74) is -0.581. The van der Waals surface area contributed by atoms with Gasteiger partial charge in [-0.25, -0.2) is 0 Å². The molecule has 0 bridgehead atoms. The van der Waals surface area contributed by atoms with Crippen molar-refractivity contribution in [3.8, 4) is 5.75 Å². The summed E-state index contributed by atoms with van der Waals surface area (Å²) >= 11 is 0. The van der Waals surface area contributed by atoms with Crippen molar-refractivity contribution in [3.05, 3.63) is 30.3 Å². The predicted octanol–water partition coefficient (Wildman–Crippen LogP) is 1.50. The quantitative estimate of drug-likeness (QED) is 0.834. The van der Waals surface area contributed by atoms with Gasteiger partial charge in [0.15, 0.2) is 6.10 Å². The summed E-state index contributed by atoms with van der Waals surface area (Å²) in [5, 5.41) is 12.6. The fourth-order valence-corrected chi connectivity index (χ4v) is 2.41. The van der Waals surface area contributed by atoms with Crippen LogP contribution in [-0.2, 0) is 9.53 Å². The van der Waals surface area contributed by atoms with E-state index in [1.54, 1.807) is 0 Å². The number of carbonyl (C=O) groups excluding carboxylic acids is 1. The second kappa shape index (κ2) is 7.43. The maximum absolute atomic E-state index is 12.4. The van der Waals surface area contributed by atoms with E-state index >= 15 is 0 Å². The van der Waals surface area contributed by atoms with Crippen LogP contribution in [0.15, 0.2) is 30.3 Å². The Bertz CT molecular complexity index is 443. The van der Waals surface area contributed by atoms with Crippen LogP contribution in [0.3, 0.4) is 0 Å². The smallest absolute Gasteiger partial charge is 0.261 e. The minimum absolute atomic E-state index is 0.0795. The van der Waals surface area contributed by atoms with Crippen molar-refractivity contribution >= 4 is 5.91 Å². The molecule has 1 saturated heterocycles. The van der Waals surface area contributed by atoms with Crippen LogP contribution in [0.25, 0.3) is 0 Å². The molecule has 5 heteroatoms. The van der Waals surface area contributed by atoms with Crippen LogP contribution in [0.1, 0.15) is 26.2 Å². The topological polar surface area (TPSA) is 67.8 Å². The first-order valence-electron chi connectivity index (χ1n) is 7.41. The molecule has 0 spiro atoms. The first kappa shape index (κ1) is 15.8. The number of aliphatic hydroxyl groups is 1. The van der Waals surface area contributed by atoms with Gasteiger partial charge in [-0.1, -0.05) is 25.1 Å². The monoisotopic (exact) mass is 293 g/mol. The molecule has 1 atom stereocenters. The van der Waals surface area contributed by atoms with Crippen molar-refractivity contribution in [1.82, 2.24) is 5.32 Å². The van der Waals surface area contributed by atoms with Gasteiger partial charge in [-0.15, -0.1) is 0 Å². The van der Waals surface area contributed by atoms with Crippen LogP contribution in [0, 0.1) is 0 Å². The minimum atomic E-state index is -0.581. The number of rotatable bonds is 6. The zero-order valence-corrected chi connectivity index (χ0v) is 12.4. The highest BCUT2D eigenvalue weighted by Crippen LogP contribution is 2.21. The molecule has 1 aliphatic heterocycles. The van der Waals surface area contributed by atoms with Gasteiger partial charge < -0.3 is 19.9 Å². The molecule has 116 valence electrons. The molecule has 21 heavy (non-hydrogen) atoms. The van der Waals surface area contributed by atoms with Gasteiger partial charge in [0.25, 0.3) is 5.91 Å². The third-order valence-electron chi connectivity index (χ3n) is 3.83. The molecular formula is C16H23NO4. The maximum atomic E-state index is 12.4. The molecule has 1 unspecified atom stereocenters. The van der Waals surface area contributed by atoms with E-state index in [9.17, 15) is 9.90 Å². The number of amides is 1. The SMILES string of the molecule is CCC(Oc1ccccc1)C(=O)NC1(CO)CCOCC1. The van der Waals surface area contributed by atoms with Crippen molar-refractivity contribution in [3.63, 3.8) is 0 Å². The largest absolute Gasteiger partial charge is 0.481 e. The molecule has 1 amide bonds. The van der Waals surface area contributed by atoms with Gasteiger partial charge in [0, 0.05) is 13.2 Å². The van der Waals surface area contributed by atoms with Gasteiger partial charge in [-0.2, -0.15) is 0 Å². The van der Waals surface area contributed by atoms with Crippen LogP contribution in [-0.4, -0.2) is 42.5 Å². The van der Waals surface area contributed by atoms with Crippen molar-refractivity contribution in [2.45, 2.75) is 37.8 Å². The summed E-state index contributed by atoms with van der Waals surface area (Å²) in [5.74, 6) is 0.488. The second-order valence-corrected chi connectivity index (χ2v) is 5.37.